The number of benzene rings is 2. The van der Waals surface area contributed by atoms with Crippen molar-refractivity contribution < 1.29 is 14.6 Å². The summed E-state index contributed by atoms with van der Waals surface area (Å²) in [6, 6.07) is 12.0. The molecule has 2 N–H and O–H groups in total. The lowest BCUT2D eigenvalue weighted by molar-refractivity contribution is 0.0696. The number of nitrogens with one attached hydrogen (secondary N) is 1. The predicted molar refractivity (Wildman–Crippen MR) is 104 cm³/mol. The number of para-hydroxylation sites is 2. The summed E-state index contributed by atoms with van der Waals surface area (Å²) in [5, 5.41) is 13.0. The Labute approximate surface area is 154 Å². The van der Waals surface area contributed by atoms with Crippen molar-refractivity contribution >= 4 is 17.3 Å². The summed E-state index contributed by atoms with van der Waals surface area (Å²) in [5.74, 6) is -0.100. The summed E-state index contributed by atoms with van der Waals surface area (Å²) >= 11 is 0. The van der Waals surface area contributed by atoms with Crippen LogP contribution in [0.15, 0.2) is 36.4 Å². The van der Waals surface area contributed by atoms with Crippen LogP contribution in [0.4, 0.5) is 11.4 Å². The van der Waals surface area contributed by atoms with Crippen LogP contribution in [0.3, 0.4) is 0 Å². The number of anilines is 2. The van der Waals surface area contributed by atoms with Crippen molar-refractivity contribution in [3.05, 3.63) is 53.1 Å². The fourth-order valence-electron chi connectivity index (χ4n) is 3.75. The highest BCUT2D eigenvalue weighted by molar-refractivity contribution is 5.91. The van der Waals surface area contributed by atoms with E-state index in [0.29, 0.717) is 5.56 Å². The summed E-state index contributed by atoms with van der Waals surface area (Å²) in [7, 11) is 1.67. The standard InChI is InChI=1S/C21H26N2O3/c1-14-12-15(2)19(13-17(14)21(24)25)23(16-8-10-22-11-9-16)18-6-4-5-7-20(18)26-3/h4-7,12-13,16,22H,8-11H2,1-3H3,(H,24,25). The molecular weight excluding hydrogens is 328 g/mol. The first kappa shape index (κ1) is 18.3. The number of nitrogens with zero attached hydrogens (tertiary/aromatic N) is 1. The van der Waals surface area contributed by atoms with E-state index in [9.17, 15) is 9.90 Å². The molecule has 0 saturated carbocycles. The van der Waals surface area contributed by atoms with E-state index >= 15 is 0 Å². The monoisotopic (exact) mass is 354 g/mol. The van der Waals surface area contributed by atoms with Crippen molar-refractivity contribution in [1.82, 2.24) is 5.32 Å². The number of carboxylic acid groups (broad SMARTS) is 1. The predicted octanol–water partition coefficient (Wildman–Crippen LogP) is 3.90. The first-order valence-corrected chi connectivity index (χ1v) is 9.00. The van der Waals surface area contributed by atoms with Gasteiger partial charge in [-0.15, -0.1) is 0 Å². The Bertz CT molecular complexity index is 798. The summed E-state index contributed by atoms with van der Waals surface area (Å²) in [6.07, 6.45) is 1.99. The Morgan fingerprint density at radius 3 is 2.46 bits per heavy atom. The van der Waals surface area contributed by atoms with E-state index in [1.165, 1.54) is 0 Å². The maximum absolute atomic E-state index is 11.7. The van der Waals surface area contributed by atoms with Crippen LogP contribution in [0.5, 0.6) is 5.75 Å². The van der Waals surface area contributed by atoms with Gasteiger partial charge in [-0.05, 0) is 69.1 Å². The largest absolute Gasteiger partial charge is 0.495 e. The Morgan fingerprint density at radius 2 is 1.81 bits per heavy atom. The quantitative estimate of drug-likeness (QED) is 0.853. The minimum Gasteiger partial charge on any atom is -0.495 e. The van der Waals surface area contributed by atoms with Crippen LogP contribution in [-0.2, 0) is 0 Å². The SMILES string of the molecule is COc1ccccc1N(c1cc(C(=O)O)c(C)cc1C)C1CCNCC1. The molecular formula is C21H26N2O3. The Morgan fingerprint density at radius 1 is 1.12 bits per heavy atom. The number of hydrogen-bond acceptors (Lipinski definition) is 4. The average molecular weight is 354 g/mol. The number of carbonyl (C=O) groups is 1. The van der Waals surface area contributed by atoms with E-state index in [-0.39, 0.29) is 6.04 Å². The van der Waals surface area contributed by atoms with E-state index in [1.54, 1.807) is 7.11 Å². The lowest BCUT2D eigenvalue weighted by Gasteiger charge is -2.38. The van der Waals surface area contributed by atoms with Gasteiger partial charge in [-0.25, -0.2) is 4.79 Å². The van der Waals surface area contributed by atoms with Crippen molar-refractivity contribution in [3.63, 3.8) is 0 Å². The summed E-state index contributed by atoms with van der Waals surface area (Å²) in [6.45, 7) is 5.79. The maximum Gasteiger partial charge on any atom is 0.336 e. The molecule has 1 aliphatic heterocycles. The zero-order chi connectivity index (χ0) is 18.7. The minimum atomic E-state index is -0.894. The van der Waals surface area contributed by atoms with Crippen LogP contribution >= 0.6 is 0 Å². The third-order valence-electron chi connectivity index (χ3n) is 5.05. The normalized spacial score (nSPS) is 14.9. The molecule has 0 aromatic heterocycles. The van der Waals surface area contributed by atoms with Crippen molar-refractivity contribution in [1.29, 1.82) is 0 Å². The van der Waals surface area contributed by atoms with E-state index in [2.05, 4.69) is 10.2 Å². The molecule has 0 spiro atoms. The van der Waals surface area contributed by atoms with Crippen LogP contribution in [0, 0.1) is 13.8 Å². The van der Waals surface area contributed by atoms with Gasteiger partial charge in [-0.1, -0.05) is 18.2 Å². The molecule has 0 amide bonds. The van der Waals surface area contributed by atoms with E-state index in [0.717, 1.165) is 54.2 Å². The van der Waals surface area contributed by atoms with Crippen LogP contribution in [0.2, 0.25) is 0 Å². The number of aryl methyl sites for hydroxylation is 2. The molecule has 0 radical (unpaired) electrons. The number of aromatic carboxylic acids is 1. The molecule has 2 aromatic rings. The molecule has 1 saturated heterocycles. The Kier molecular flexibility index (Phi) is 5.47. The highest BCUT2D eigenvalue weighted by Crippen LogP contribution is 2.39. The van der Waals surface area contributed by atoms with Gasteiger partial charge in [0.15, 0.2) is 0 Å². The van der Waals surface area contributed by atoms with E-state index < -0.39 is 5.97 Å². The molecule has 0 bridgehead atoms. The molecule has 1 heterocycles. The number of piperidine rings is 1. The van der Waals surface area contributed by atoms with Crippen LogP contribution in [0.1, 0.15) is 34.3 Å². The molecule has 0 aliphatic carbocycles. The fourth-order valence-corrected chi connectivity index (χ4v) is 3.75. The van der Waals surface area contributed by atoms with Crippen molar-refractivity contribution in [2.75, 3.05) is 25.1 Å². The van der Waals surface area contributed by atoms with Crippen molar-refractivity contribution in [3.8, 4) is 5.75 Å². The summed E-state index contributed by atoms with van der Waals surface area (Å²) in [5.41, 5.74) is 4.11. The number of rotatable bonds is 5. The third kappa shape index (κ3) is 3.53. The first-order valence-electron chi connectivity index (χ1n) is 9.00. The highest BCUT2D eigenvalue weighted by atomic mass is 16.5. The molecule has 1 fully saturated rings. The topological polar surface area (TPSA) is 61.8 Å². The van der Waals surface area contributed by atoms with Gasteiger partial charge >= 0.3 is 5.97 Å². The minimum absolute atomic E-state index is 0.288. The lowest BCUT2D eigenvalue weighted by Crippen LogP contribution is -2.41. The number of hydrogen-bond donors (Lipinski definition) is 2. The van der Waals surface area contributed by atoms with Gasteiger partial charge in [0.25, 0.3) is 0 Å². The molecule has 0 unspecified atom stereocenters. The van der Waals surface area contributed by atoms with Crippen molar-refractivity contribution in [2.24, 2.45) is 0 Å². The molecule has 3 rings (SSSR count). The van der Waals surface area contributed by atoms with Crippen LogP contribution < -0.4 is 15.0 Å². The van der Waals surface area contributed by atoms with Gasteiger partial charge in [0.2, 0.25) is 0 Å². The molecule has 2 aromatic carbocycles. The van der Waals surface area contributed by atoms with Gasteiger partial charge in [0.1, 0.15) is 5.75 Å². The highest BCUT2D eigenvalue weighted by Gasteiger charge is 2.27. The van der Waals surface area contributed by atoms with Gasteiger partial charge in [0, 0.05) is 11.7 Å². The van der Waals surface area contributed by atoms with Crippen LogP contribution in [0.25, 0.3) is 0 Å². The van der Waals surface area contributed by atoms with Gasteiger partial charge < -0.3 is 20.1 Å². The van der Waals surface area contributed by atoms with E-state index in [4.69, 9.17) is 4.74 Å². The van der Waals surface area contributed by atoms with Crippen LogP contribution in [-0.4, -0.2) is 37.3 Å². The van der Waals surface area contributed by atoms with Gasteiger partial charge in [-0.2, -0.15) is 0 Å². The second kappa shape index (κ2) is 7.79. The molecule has 26 heavy (non-hydrogen) atoms. The van der Waals surface area contributed by atoms with Gasteiger partial charge in [-0.3, -0.25) is 0 Å². The number of carboxylic acids is 1. The zero-order valence-corrected chi connectivity index (χ0v) is 15.6. The number of methoxy groups -OCH3 is 1. The Hall–Kier alpha value is -2.53. The first-order chi connectivity index (χ1) is 12.5. The fraction of sp³-hybridized carbons (Fsp3) is 0.381. The lowest BCUT2D eigenvalue weighted by atomic mass is 9.98. The molecule has 5 nitrogen and oxygen atoms in total. The Balaban J connectivity index is 2.18. The summed E-state index contributed by atoms with van der Waals surface area (Å²) < 4.78 is 5.61. The number of ether oxygens (including phenoxy) is 1. The smallest absolute Gasteiger partial charge is 0.336 e. The molecule has 0 atom stereocenters. The van der Waals surface area contributed by atoms with Crippen molar-refractivity contribution in [2.45, 2.75) is 32.7 Å². The molecule has 5 heteroatoms. The summed E-state index contributed by atoms with van der Waals surface area (Å²) in [4.78, 5) is 14.0. The third-order valence-corrected chi connectivity index (χ3v) is 5.05. The maximum atomic E-state index is 11.7. The van der Waals surface area contributed by atoms with Gasteiger partial charge in [0.05, 0.1) is 18.4 Å². The zero-order valence-electron chi connectivity index (χ0n) is 15.6. The second-order valence-electron chi connectivity index (χ2n) is 6.78. The van der Waals surface area contributed by atoms with E-state index in [1.807, 2.05) is 50.2 Å². The molecule has 138 valence electrons. The average Bonchev–Trinajstić information content (AvgIpc) is 2.64. The second-order valence-corrected chi connectivity index (χ2v) is 6.78. The molecule has 1 aliphatic rings.